The first kappa shape index (κ1) is 8.76. The maximum atomic E-state index is 10.6. The maximum Gasteiger partial charge on any atom is 0.355 e. The van der Waals surface area contributed by atoms with Crippen molar-refractivity contribution in [3.05, 3.63) is 29.6 Å². The molecule has 1 aromatic heterocycles. The summed E-state index contributed by atoms with van der Waals surface area (Å²) in [6.45, 7) is 0. The van der Waals surface area contributed by atoms with E-state index < -0.39 is 5.97 Å². The second kappa shape index (κ2) is 3.89. The van der Waals surface area contributed by atoms with Crippen molar-refractivity contribution in [2.75, 3.05) is 0 Å². The molecule has 1 heterocycles. The number of nitriles is 1. The number of pyridine rings is 1. The summed E-state index contributed by atoms with van der Waals surface area (Å²) < 4.78 is 0. The average molecular weight is 172 g/mol. The summed E-state index contributed by atoms with van der Waals surface area (Å²) in [6, 6.07) is 4.66. The molecule has 0 spiro atoms. The molecule has 0 fully saturated rings. The first-order valence-corrected chi connectivity index (χ1v) is 3.34. The molecule has 62 valence electrons. The molecule has 0 saturated carbocycles. The standard InChI is InChI=1S/C9H4N2O2/c10-5-1-3-7-4-2-6-11-8(7)9(12)13/h2,4,6H,(H,12,13). The predicted octanol–water partition coefficient (Wildman–Crippen LogP) is 0.655. The van der Waals surface area contributed by atoms with Crippen molar-refractivity contribution in [1.82, 2.24) is 4.98 Å². The molecule has 1 N–H and O–H groups in total. The lowest BCUT2D eigenvalue weighted by Gasteiger charge is -1.94. The molecule has 0 atom stereocenters. The number of carboxylic acid groups (broad SMARTS) is 1. The third-order valence-electron chi connectivity index (χ3n) is 1.26. The van der Waals surface area contributed by atoms with Crippen LogP contribution in [0.5, 0.6) is 0 Å². The molecule has 1 rings (SSSR count). The van der Waals surface area contributed by atoms with Crippen LogP contribution in [0.1, 0.15) is 16.1 Å². The number of carboxylic acids is 1. The highest BCUT2D eigenvalue weighted by molar-refractivity contribution is 5.88. The third kappa shape index (κ3) is 2.05. The van der Waals surface area contributed by atoms with Gasteiger partial charge in [0, 0.05) is 12.1 Å². The fraction of sp³-hybridized carbons (Fsp3) is 0. The van der Waals surface area contributed by atoms with Gasteiger partial charge in [0.15, 0.2) is 11.8 Å². The summed E-state index contributed by atoms with van der Waals surface area (Å²) in [5, 5.41) is 16.8. The van der Waals surface area contributed by atoms with Gasteiger partial charge in [0.2, 0.25) is 0 Å². The van der Waals surface area contributed by atoms with Crippen molar-refractivity contribution in [2.45, 2.75) is 0 Å². The Hall–Kier alpha value is -2.33. The van der Waals surface area contributed by atoms with Crippen LogP contribution in [0.4, 0.5) is 0 Å². The highest BCUT2D eigenvalue weighted by Crippen LogP contribution is 2.02. The fourth-order valence-electron chi connectivity index (χ4n) is 0.772. The van der Waals surface area contributed by atoms with Gasteiger partial charge >= 0.3 is 5.97 Å². The molecule has 0 radical (unpaired) electrons. The maximum absolute atomic E-state index is 10.6. The molecule has 4 nitrogen and oxygen atoms in total. The van der Waals surface area contributed by atoms with Crippen LogP contribution < -0.4 is 0 Å². The SMILES string of the molecule is N#CC#Cc1cccnc1C(=O)O. The van der Waals surface area contributed by atoms with Crippen molar-refractivity contribution in [2.24, 2.45) is 0 Å². The Kier molecular flexibility index (Phi) is 2.62. The summed E-state index contributed by atoms with van der Waals surface area (Å²) in [5.41, 5.74) is 0.113. The Morgan fingerprint density at radius 2 is 2.38 bits per heavy atom. The van der Waals surface area contributed by atoms with Gasteiger partial charge in [-0.1, -0.05) is 0 Å². The van der Waals surface area contributed by atoms with E-state index >= 15 is 0 Å². The molecular formula is C9H4N2O2. The first-order chi connectivity index (χ1) is 6.25. The molecule has 0 saturated heterocycles. The van der Waals surface area contributed by atoms with E-state index in [0.29, 0.717) is 0 Å². The van der Waals surface area contributed by atoms with Crippen LogP contribution in [-0.4, -0.2) is 16.1 Å². The van der Waals surface area contributed by atoms with E-state index in [0.717, 1.165) is 0 Å². The number of nitrogens with zero attached hydrogens (tertiary/aromatic N) is 2. The summed E-state index contributed by atoms with van der Waals surface area (Å²) in [7, 11) is 0. The largest absolute Gasteiger partial charge is 0.476 e. The molecule has 0 aliphatic heterocycles. The highest BCUT2D eigenvalue weighted by atomic mass is 16.4. The van der Waals surface area contributed by atoms with Crippen LogP contribution in [0, 0.1) is 23.2 Å². The zero-order valence-corrected chi connectivity index (χ0v) is 6.48. The molecule has 4 heteroatoms. The average Bonchev–Trinajstić information content (AvgIpc) is 2.15. The van der Waals surface area contributed by atoms with Gasteiger partial charge in [-0.2, -0.15) is 5.26 Å². The van der Waals surface area contributed by atoms with Crippen molar-refractivity contribution in [3.8, 4) is 17.9 Å². The van der Waals surface area contributed by atoms with E-state index in [1.165, 1.54) is 12.3 Å². The van der Waals surface area contributed by atoms with Gasteiger partial charge in [-0.05, 0) is 18.1 Å². The molecular weight excluding hydrogens is 168 g/mol. The van der Waals surface area contributed by atoms with E-state index in [1.807, 2.05) is 0 Å². The minimum atomic E-state index is -1.15. The minimum Gasteiger partial charge on any atom is -0.476 e. The first-order valence-electron chi connectivity index (χ1n) is 3.34. The van der Waals surface area contributed by atoms with Gasteiger partial charge in [-0.25, -0.2) is 9.78 Å². The highest BCUT2D eigenvalue weighted by Gasteiger charge is 2.07. The lowest BCUT2D eigenvalue weighted by atomic mass is 10.2. The zero-order valence-electron chi connectivity index (χ0n) is 6.48. The fourth-order valence-corrected chi connectivity index (χ4v) is 0.772. The topological polar surface area (TPSA) is 74.0 Å². The Morgan fingerprint density at radius 3 is 3.00 bits per heavy atom. The van der Waals surface area contributed by atoms with Crippen LogP contribution in [-0.2, 0) is 0 Å². The molecule has 0 aromatic carbocycles. The Bertz CT molecular complexity index is 435. The summed E-state index contributed by atoms with van der Waals surface area (Å²) in [4.78, 5) is 14.2. The Morgan fingerprint density at radius 1 is 1.62 bits per heavy atom. The van der Waals surface area contributed by atoms with E-state index in [-0.39, 0.29) is 11.3 Å². The van der Waals surface area contributed by atoms with Crippen molar-refractivity contribution >= 4 is 5.97 Å². The summed E-state index contributed by atoms with van der Waals surface area (Å²) >= 11 is 0. The van der Waals surface area contributed by atoms with Crippen LogP contribution in [0.3, 0.4) is 0 Å². The van der Waals surface area contributed by atoms with Crippen LogP contribution in [0.2, 0.25) is 0 Å². The Balaban J connectivity index is 3.22. The smallest absolute Gasteiger partial charge is 0.355 e. The normalized spacial score (nSPS) is 7.92. The van der Waals surface area contributed by atoms with E-state index in [4.69, 9.17) is 10.4 Å². The van der Waals surface area contributed by atoms with Crippen LogP contribution in [0.15, 0.2) is 18.3 Å². The number of hydrogen-bond acceptors (Lipinski definition) is 3. The zero-order chi connectivity index (χ0) is 9.68. The molecule has 0 aliphatic rings. The molecule has 0 bridgehead atoms. The molecule has 13 heavy (non-hydrogen) atoms. The van der Waals surface area contributed by atoms with Crippen LogP contribution >= 0.6 is 0 Å². The van der Waals surface area contributed by atoms with Gasteiger partial charge in [-0.3, -0.25) is 0 Å². The van der Waals surface area contributed by atoms with Gasteiger partial charge in [0.05, 0.1) is 5.56 Å². The van der Waals surface area contributed by atoms with Crippen molar-refractivity contribution in [1.29, 1.82) is 5.26 Å². The van der Waals surface area contributed by atoms with Crippen LogP contribution in [0.25, 0.3) is 0 Å². The monoisotopic (exact) mass is 172 g/mol. The van der Waals surface area contributed by atoms with E-state index in [9.17, 15) is 4.79 Å². The lowest BCUT2D eigenvalue weighted by molar-refractivity contribution is 0.0690. The number of carbonyl (C=O) groups is 1. The summed E-state index contributed by atoms with van der Waals surface area (Å²) in [5.74, 6) is 3.35. The third-order valence-corrected chi connectivity index (χ3v) is 1.26. The molecule has 0 unspecified atom stereocenters. The number of hydrogen-bond donors (Lipinski definition) is 1. The summed E-state index contributed by atoms with van der Waals surface area (Å²) in [6.07, 6.45) is 1.36. The molecule has 0 aliphatic carbocycles. The van der Waals surface area contributed by atoms with Gasteiger partial charge < -0.3 is 5.11 Å². The van der Waals surface area contributed by atoms with Gasteiger partial charge in [0.25, 0.3) is 0 Å². The van der Waals surface area contributed by atoms with Crippen molar-refractivity contribution in [3.63, 3.8) is 0 Å². The van der Waals surface area contributed by atoms with Gasteiger partial charge in [-0.15, -0.1) is 0 Å². The Labute approximate surface area is 74.5 Å². The van der Waals surface area contributed by atoms with Gasteiger partial charge in [0.1, 0.15) is 0 Å². The molecule has 1 aromatic rings. The second-order valence-electron chi connectivity index (χ2n) is 2.07. The molecule has 0 amide bonds. The quantitative estimate of drug-likeness (QED) is 0.631. The number of aromatic carboxylic acids is 1. The number of rotatable bonds is 1. The lowest BCUT2D eigenvalue weighted by Crippen LogP contribution is -2.02. The number of aromatic nitrogens is 1. The van der Waals surface area contributed by atoms with E-state index in [2.05, 4.69) is 16.8 Å². The van der Waals surface area contributed by atoms with Crippen molar-refractivity contribution < 1.29 is 9.90 Å². The predicted molar refractivity (Wildman–Crippen MR) is 43.7 cm³/mol. The minimum absolute atomic E-state index is 0.134. The second-order valence-corrected chi connectivity index (χ2v) is 2.07. The van der Waals surface area contributed by atoms with E-state index in [1.54, 1.807) is 12.1 Å².